The molecule has 0 radical (unpaired) electrons. The van der Waals surface area contributed by atoms with Crippen LogP contribution in [0.2, 0.25) is 0 Å². The molecule has 12 heavy (non-hydrogen) atoms. The van der Waals surface area contributed by atoms with Gasteiger partial charge in [-0.1, -0.05) is 13.8 Å². The Morgan fingerprint density at radius 1 is 1.25 bits per heavy atom. The van der Waals surface area contributed by atoms with Crippen molar-refractivity contribution < 1.29 is 0 Å². The molecule has 66 valence electrons. The second-order valence-electron chi connectivity index (χ2n) is 2.69. The van der Waals surface area contributed by atoms with Gasteiger partial charge in [-0.3, -0.25) is 4.98 Å². The highest BCUT2D eigenvalue weighted by Gasteiger charge is 2.03. The summed E-state index contributed by atoms with van der Waals surface area (Å²) in [5, 5.41) is 0. The van der Waals surface area contributed by atoms with Crippen molar-refractivity contribution in [3.05, 3.63) is 18.1 Å². The van der Waals surface area contributed by atoms with E-state index in [-0.39, 0.29) is 0 Å². The Morgan fingerprint density at radius 2 is 1.92 bits per heavy atom. The molecule has 0 spiro atoms. The first kappa shape index (κ1) is 10.4. The summed E-state index contributed by atoms with van der Waals surface area (Å²) in [5.41, 5.74) is 1.04. The summed E-state index contributed by atoms with van der Waals surface area (Å²) in [4.78, 5) is 8.53. The van der Waals surface area contributed by atoms with Gasteiger partial charge in [-0.2, -0.15) is 0 Å². The number of aromatic nitrogens is 2. The van der Waals surface area contributed by atoms with Gasteiger partial charge in [-0.05, 0) is 5.92 Å². The van der Waals surface area contributed by atoms with Gasteiger partial charge in [0.2, 0.25) is 0 Å². The second-order valence-corrected chi connectivity index (χ2v) is 6.46. The highest BCUT2D eigenvalue weighted by molar-refractivity contribution is 14.2. The third-order valence-electron chi connectivity index (χ3n) is 1.42. The first-order chi connectivity index (χ1) is 5.61. The van der Waals surface area contributed by atoms with Crippen LogP contribution in [0.5, 0.6) is 0 Å². The highest BCUT2D eigenvalue weighted by atomic mass is 127. The second kappa shape index (κ2) is 4.54. The van der Waals surface area contributed by atoms with Crippen LogP contribution in [0.3, 0.4) is 0 Å². The molecule has 3 nitrogen and oxygen atoms in total. The lowest BCUT2D eigenvalue weighted by molar-refractivity contribution is 0.813. The van der Waals surface area contributed by atoms with Crippen molar-refractivity contribution in [2.24, 2.45) is 0 Å². The molecule has 1 aromatic heterocycles. The minimum Gasteiger partial charge on any atom is -0.256 e. The number of anilines is 1. The van der Waals surface area contributed by atoms with E-state index >= 15 is 0 Å². The van der Waals surface area contributed by atoms with Gasteiger partial charge in [-0.15, -0.1) is 0 Å². The van der Waals surface area contributed by atoms with E-state index in [1.165, 1.54) is 0 Å². The van der Waals surface area contributed by atoms with Crippen LogP contribution in [0, 0.1) is 0 Å². The molecule has 0 N–H and O–H groups in total. The van der Waals surface area contributed by atoms with Crippen LogP contribution < -0.4 is 1.33 Å². The van der Waals surface area contributed by atoms with Crippen LogP contribution in [-0.2, 0) is 0 Å². The van der Waals surface area contributed by atoms with Crippen molar-refractivity contribution in [1.29, 1.82) is 0 Å². The molecule has 0 saturated heterocycles. The molecule has 5 heteroatoms. The lowest BCUT2D eigenvalue weighted by atomic mass is 10.1. The largest absolute Gasteiger partial charge is 0.256 e. The van der Waals surface area contributed by atoms with Crippen LogP contribution in [0.4, 0.5) is 5.82 Å². The fourth-order valence-electron chi connectivity index (χ4n) is 0.717. The number of halogens is 2. The minimum absolute atomic E-state index is 0.448. The fourth-order valence-corrected chi connectivity index (χ4v) is 1.21. The predicted octanol–water partition coefficient (Wildman–Crippen LogP) is 3.11. The molecule has 0 atom stereocenters. The van der Waals surface area contributed by atoms with E-state index in [2.05, 4.69) is 69.5 Å². The summed E-state index contributed by atoms with van der Waals surface area (Å²) in [5.74, 6) is 1.32. The highest BCUT2D eigenvalue weighted by Crippen LogP contribution is 2.20. The average molecular weight is 389 g/mol. The third-order valence-corrected chi connectivity index (χ3v) is 2.41. The van der Waals surface area contributed by atoms with Crippen LogP contribution >= 0.6 is 45.7 Å². The Kier molecular flexibility index (Phi) is 3.94. The average Bonchev–Trinajstić information content (AvgIpc) is 2.04. The van der Waals surface area contributed by atoms with Crippen LogP contribution in [0.25, 0.3) is 0 Å². The summed E-state index contributed by atoms with van der Waals surface area (Å²) in [6.07, 6.45) is 3.61. The van der Waals surface area contributed by atoms with Crippen LogP contribution in [-0.4, -0.2) is 9.97 Å². The standard InChI is InChI=1S/C7H9I2N3/c1-5(2)6-3-11-7(4-10-6)12(8)9/h3-5H,1-2H3. The minimum atomic E-state index is 0.448. The lowest BCUT2D eigenvalue weighted by Gasteiger charge is -2.07. The van der Waals surface area contributed by atoms with Crippen LogP contribution in [0.1, 0.15) is 25.5 Å². The molecule has 0 aliphatic heterocycles. The van der Waals surface area contributed by atoms with Crippen LogP contribution in [0.15, 0.2) is 12.4 Å². The third kappa shape index (κ3) is 2.68. The quantitative estimate of drug-likeness (QED) is 0.575. The van der Waals surface area contributed by atoms with Gasteiger partial charge in [0.1, 0.15) is 0 Å². The van der Waals surface area contributed by atoms with Crippen molar-refractivity contribution in [2.75, 3.05) is 1.33 Å². The molecule has 0 fully saturated rings. The van der Waals surface area contributed by atoms with E-state index in [9.17, 15) is 0 Å². The monoisotopic (exact) mass is 389 g/mol. The maximum Gasteiger partial charge on any atom is 0.164 e. The molecule has 0 amide bonds. The number of nitrogens with zero attached hydrogens (tertiary/aromatic N) is 3. The SMILES string of the molecule is CC(C)c1cnc(N(I)I)cn1. The Bertz CT molecular complexity index is 218. The first-order valence-corrected chi connectivity index (χ1v) is 5.48. The summed E-state index contributed by atoms with van der Waals surface area (Å²) < 4.78 is 1.88. The zero-order valence-corrected chi connectivity index (χ0v) is 11.1. The first-order valence-electron chi connectivity index (χ1n) is 3.55. The Balaban J connectivity index is 2.86. The lowest BCUT2D eigenvalue weighted by Crippen LogP contribution is -1.98. The van der Waals surface area contributed by atoms with Gasteiger partial charge in [0, 0.05) is 0 Å². The molecule has 1 heterocycles. The van der Waals surface area contributed by atoms with Gasteiger partial charge < -0.3 is 0 Å². The van der Waals surface area contributed by atoms with Crippen molar-refractivity contribution in [3.8, 4) is 0 Å². The maximum atomic E-state index is 4.29. The van der Waals surface area contributed by atoms with Crippen molar-refractivity contribution in [3.63, 3.8) is 0 Å². The number of rotatable bonds is 2. The van der Waals surface area contributed by atoms with Gasteiger partial charge in [0.25, 0.3) is 0 Å². The normalized spacial score (nSPS) is 10.4. The number of hydrogen-bond acceptors (Lipinski definition) is 3. The Hall–Kier alpha value is 0.340. The smallest absolute Gasteiger partial charge is 0.164 e. The van der Waals surface area contributed by atoms with E-state index < -0.39 is 0 Å². The summed E-state index contributed by atoms with van der Waals surface area (Å²) in [6.45, 7) is 4.21. The molecule has 0 bridgehead atoms. The van der Waals surface area contributed by atoms with Gasteiger partial charge >= 0.3 is 0 Å². The predicted molar refractivity (Wildman–Crippen MR) is 66.6 cm³/mol. The zero-order valence-electron chi connectivity index (χ0n) is 6.83. The zero-order chi connectivity index (χ0) is 9.14. The molecule has 1 rings (SSSR count). The fraction of sp³-hybridized carbons (Fsp3) is 0.429. The van der Waals surface area contributed by atoms with Gasteiger partial charge in [0.15, 0.2) is 5.82 Å². The van der Waals surface area contributed by atoms with E-state index in [0.717, 1.165) is 11.5 Å². The molecule has 0 aliphatic rings. The molecular formula is C7H9I2N3. The van der Waals surface area contributed by atoms with Gasteiger partial charge in [0.05, 0.1) is 63.8 Å². The molecule has 0 unspecified atom stereocenters. The maximum absolute atomic E-state index is 4.29. The van der Waals surface area contributed by atoms with Gasteiger partial charge in [-0.25, -0.2) is 6.31 Å². The number of hydrogen-bond donors (Lipinski definition) is 0. The topological polar surface area (TPSA) is 29.0 Å². The summed E-state index contributed by atoms with van der Waals surface area (Å²) in [6, 6.07) is 0. The molecule has 1 aromatic rings. The van der Waals surface area contributed by atoms with E-state index in [0.29, 0.717) is 5.92 Å². The summed E-state index contributed by atoms with van der Waals surface area (Å²) in [7, 11) is 0. The molecule has 0 saturated carbocycles. The van der Waals surface area contributed by atoms with Crippen molar-refractivity contribution in [2.45, 2.75) is 19.8 Å². The van der Waals surface area contributed by atoms with Crippen molar-refractivity contribution in [1.82, 2.24) is 9.97 Å². The van der Waals surface area contributed by atoms with E-state index in [4.69, 9.17) is 0 Å². The van der Waals surface area contributed by atoms with E-state index in [1.54, 1.807) is 6.20 Å². The molecule has 0 aromatic carbocycles. The Labute approximate surface area is 100.0 Å². The summed E-state index contributed by atoms with van der Waals surface area (Å²) >= 11 is 4.31. The molecular weight excluding hydrogens is 380 g/mol. The van der Waals surface area contributed by atoms with Crippen molar-refractivity contribution >= 4 is 51.5 Å². The van der Waals surface area contributed by atoms with E-state index in [1.807, 2.05) is 7.52 Å². The Morgan fingerprint density at radius 3 is 2.25 bits per heavy atom. The molecule has 0 aliphatic carbocycles.